The van der Waals surface area contributed by atoms with Gasteiger partial charge in [-0.15, -0.1) is 0 Å². The summed E-state index contributed by atoms with van der Waals surface area (Å²) in [6.07, 6.45) is 9.07. The Balaban J connectivity index is 1.21. The zero-order valence-electron chi connectivity index (χ0n) is 19.5. The highest BCUT2D eigenvalue weighted by atomic mass is 16.4. The molecule has 3 heterocycles. The number of benzene rings is 1. The highest BCUT2D eigenvalue weighted by molar-refractivity contribution is 5.79. The maximum atomic E-state index is 12.5. The number of anilines is 1. The Morgan fingerprint density at radius 2 is 1.97 bits per heavy atom. The summed E-state index contributed by atoms with van der Waals surface area (Å²) in [5, 5.41) is 16.6. The first-order valence-electron chi connectivity index (χ1n) is 12.2. The topological polar surface area (TPSA) is 105 Å². The van der Waals surface area contributed by atoms with Crippen molar-refractivity contribution in [2.45, 2.75) is 63.8 Å². The van der Waals surface area contributed by atoms with Crippen LogP contribution in [0, 0.1) is 0 Å². The summed E-state index contributed by atoms with van der Waals surface area (Å²) in [7, 11) is 0. The van der Waals surface area contributed by atoms with Crippen molar-refractivity contribution >= 4 is 28.6 Å². The van der Waals surface area contributed by atoms with Crippen LogP contribution < -0.4 is 15.6 Å². The molecule has 7 nitrogen and oxygen atoms in total. The third kappa shape index (κ3) is 6.53. The number of amides is 1. The minimum atomic E-state index is -0.940. The molecule has 1 amide bonds. The van der Waals surface area contributed by atoms with Crippen LogP contribution in [0.3, 0.4) is 0 Å². The minimum absolute atomic E-state index is 0.109. The van der Waals surface area contributed by atoms with Gasteiger partial charge >= 0.3 is 5.97 Å². The zero-order chi connectivity index (χ0) is 23.8. The molecule has 7 heteroatoms. The molecule has 3 aromatic rings. The Labute approximate surface area is 200 Å². The number of carboxylic acid groups (broad SMARTS) is 1. The molecule has 0 radical (unpaired) electrons. The van der Waals surface area contributed by atoms with Gasteiger partial charge in [-0.05, 0) is 55.9 Å². The molecule has 1 aromatic carbocycles. The first kappa shape index (κ1) is 23.7. The lowest BCUT2D eigenvalue weighted by Crippen LogP contribution is -2.30. The van der Waals surface area contributed by atoms with Gasteiger partial charge in [-0.25, -0.2) is 9.97 Å². The van der Waals surface area contributed by atoms with Crippen molar-refractivity contribution in [3.8, 4) is 0 Å². The Bertz CT molecular complexity index is 1150. The predicted octanol–water partition coefficient (Wildman–Crippen LogP) is 4.23. The van der Waals surface area contributed by atoms with Crippen molar-refractivity contribution < 1.29 is 19.7 Å². The summed E-state index contributed by atoms with van der Waals surface area (Å²) in [6.45, 7) is 0.998. The van der Waals surface area contributed by atoms with Crippen molar-refractivity contribution in [3.63, 3.8) is 0 Å². The minimum Gasteiger partial charge on any atom is -0.481 e. The predicted molar refractivity (Wildman–Crippen MR) is 131 cm³/mol. The Kier molecular flexibility index (Phi) is 8.07. The largest absolute Gasteiger partial charge is 0.481 e. The molecule has 0 saturated carbocycles. The molecule has 1 aliphatic rings. The number of fused-ring (bicyclic) bond motifs is 2. The van der Waals surface area contributed by atoms with E-state index in [4.69, 9.17) is 4.98 Å². The lowest BCUT2D eigenvalue weighted by atomic mass is 10.0. The van der Waals surface area contributed by atoms with Gasteiger partial charge in [0.15, 0.2) is 6.20 Å². The van der Waals surface area contributed by atoms with Crippen LogP contribution >= 0.6 is 0 Å². The van der Waals surface area contributed by atoms with Crippen molar-refractivity contribution in [1.82, 2.24) is 10.3 Å². The standard InChI is InChI=1S/C27H32N4O3/c32-25(12-4-2-1-3-10-22-14-13-19-9-7-15-28-27(19)30-22)31-24(17-26(33)34)21-16-20-8-5-6-11-23(20)29-18-21/h5-6,8,11,13-14,16,18,24H,1-4,7,9-10,12,15,17H2,(H,28,30)(H,31,32)(H,33,34)/p+1. The summed E-state index contributed by atoms with van der Waals surface area (Å²) in [4.78, 5) is 31.8. The van der Waals surface area contributed by atoms with E-state index in [9.17, 15) is 14.7 Å². The molecule has 2 aromatic heterocycles. The van der Waals surface area contributed by atoms with Gasteiger partial charge in [0.05, 0.1) is 12.5 Å². The van der Waals surface area contributed by atoms with Gasteiger partial charge in [-0.3, -0.25) is 9.59 Å². The summed E-state index contributed by atoms with van der Waals surface area (Å²) < 4.78 is 0. The summed E-state index contributed by atoms with van der Waals surface area (Å²) in [5.41, 5.74) is 4.16. The second-order valence-corrected chi connectivity index (χ2v) is 8.99. The fraction of sp³-hybridized carbons (Fsp3) is 0.407. The molecule has 1 atom stereocenters. The fourth-order valence-electron chi connectivity index (χ4n) is 4.48. The third-order valence-electron chi connectivity index (χ3n) is 6.33. The van der Waals surface area contributed by atoms with E-state index in [1.807, 2.05) is 30.3 Å². The highest BCUT2D eigenvalue weighted by Gasteiger charge is 2.20. The monoisotopic (exact) mass is 461 g/mol. The molecule has 34 heavy (non-hydrogen) atoms. The molecule has 4 rings (SSSR count). The van der Waals surface area contributed by atoms with Crippen LogP contribution in [-0.2, 0) is 22.4 Å². The quantitative estimate of drug-likeness (QED) is 0.371. The van der Waals surface area contributed by atoms with E-state index >= 15 is 0 Å². The van der Waals surface area contributed by atoms with Crippen LogP contribution in [0.5, 0.6) is 0 Å². The number of aliphatic carboxylic acids is 1. The number of nitrogens with zero attached hydrogens (tertiary/aromatic N) is 1. The number of para-hydroxylation sites is 1. The number of aryl methyl sites for hydroxylation is 2. The number of unbranched alkanes of at least 4 members (excludes halogenated alkanes) is 3. The average Bonchev–Trinajstić information content (AvgIpc) is 2.85. The van der Waals surface area contributed by atoms with Gasteiger partial charge in [0.1, 0.15) is 5.82 Å². The highest BCUT2D eigenvalue weighted by Crippen LogP contribution is 2.21. The van der Waals surface area contributed by atoms with E-state index in [1.165, 1.54) is 12.0 Å². The Morgan fingerprint density at radius 1 is 1.12 bits per heavy atom. The number of H-pyrrole nitrogens is 1. The number of nitrogens with one attached hydrogen (secondary N) is 3. The number of aromatic nitrogens is 2. The van der Waals surface area contributed by atoms with E-state index in [2.05, 4.69) is 27.8 Å². The second-order valence-electron chi connectivity index (χ2n) is 8.99. The van der Waals surface area contributed by atoms with Gasteiger partial charge in [-0.2, -0.15) is 0 Å². The van der Waals surface area contributed by atoms with Crippen LogP contribution in [0.2, 0.25) is 0 Å². The lowest BCUT2D eigenvalue weighted by molar-refractivity contribution is -0.345. The van der Waals surface area contributed by atoms with Crippen LogP contribution in [0.25, 0.3) is 10.9 Å². The van der Waals surface area contributed by atoms with Crippen molar-refractivity contribution in [2.24, 2.45) is 0 Å². The number of pyridine rings is 2. The number of carbonyl (C=O) groups is 2. The van der Waals surface area contributed by atoms with Crippen LogP contribution in [0.1, 0.15) is 67.8 Å². The maximum Gasteiger partial charge on any atom is 0.305 e. The van der Waals surface area contributed by atoms with Crippen LogP contribution in [0.15, 0.2) is 48.7 Å². The molecule has 1 unspecified atom stereocenters. The van der Waals surface area contributed by atoms with Crippen molar-refractivity contribution in [2.75, 3.05) is 11.9 Å². The first-order valence-corrected chi connectivity index (χ1v) is 12.2. The molecule has 178 valence electrons. The third-order valence-corrected chi connectivity index (χ3v) is 6.33. The van der Waals surface area contributed by atoms with Crippen LogP contribution in [-0.4, -0.2) is 28.5 Å². The molecule has 0 aliphatic carbocycles. The Morgan fingerprint density at radius 3 is 2.85 bits per heavy atom. The van der Waals surface area contributed by atoms with Gasteiger partial charge in [0.2, 0.25) is 11.4 Å². The average molecular weight is 462 g/mol. The molecule has 0 fully saturated rings. The number of carbonyl (C=O) groups excluding carboxylic acids is 1. The van der Waals surface area contributed by atoms with Gasteiger partial charge in [-0.1, -0.05) is 31.0 Å². The SMILES string of the molecule is O=C(O)CC(NC(=O)CCCCCCc1ccc2c(n1)NCCC2)c1c[nH+]c2ccccc2c1. The normalized spacial score (nSPS) is 13.6. The number of carboxylic acids is 1. The first-order chi connectivity index (χ1) is 16.6. The number of rotatable bonds is 11. The van der Waals surface area contributed by atoms with E-state index in [0.717, 1.165) is 73.0 Å². The van der Waals surface area contributed by atoms with Gasteiger partial charge in [0.25, 0.3) is 0 Å². The van der Waals surface area contributed by atoms with E-state index in [1.54, 1.807) is 6.20 Å². The molecular formula is C27H33N4O3+. The molecule has 1 aliphatic heterocycles. The molecular weight excluding hydrogens is 428 g/mol. The molecule has 0 bridgehead atoms. The van der Waals surface area contributed by atoms with Gasteiger partial charge in [0, 0.05) is 35.7 Å². The van der Waals surface area contributed by atoms with Crippen molar-refractivity contribution in [3.05, 3.63) is 65.5 Å². The fourth-order valence-corrected chi connectivity index (χ4v) is 4.48. The molecule has 0 spiro atoms. The maximum absolute atomic E-state index is 12.5. The number of aromatic amines is 1. The number of hydrogen-bond donors (Lipinski definition) is 3. The van der Waals surface area contributed by atoms with Gasteiger partial charge < -0.3 is 15.7 Å². The lowest BCUT2D eigenvalue weighted by Gasteiger charge is -2.17. The Hall–Kier alpha value is -3.48. The summed E-state index contributed by atoms with van der Waals surface area (Å²) in [6, 6.07) is 13.5. The summed E-state index contributed by atoms with van der Waals surface area (Å²) >= 11 is 0. The molecule has 0 saturated heterocycles. The summed E-state index contributed by atoms with van der Waals surface area (Å²) in [5.74, 6) is -0.00775. The second kappa shape index (κ2) is 11.6. The molecule has 4 N–H and O–H groups in total. The number of hydrogen-bond acceptors (Lipinski definition) is 4. The zero-order valence-corrected chi connectivity index (χ0v) is 19.5. The smallest absolute Gasteiger partial charge is 0.305 e. The van der Waals surface area contributed by atoms with Crippen LogP contribution in [0.4, 0.5) is 5.82 Å². The van der Waals surface area contributed by atoms with E-state index in [-0.39, 0.29) is 12.3 Å². The van der Waals surface area contributed by atoms with E-state index in [0.29, 0.717) is 6.42 Å². The van der Waals surface area contributed by atoms with E-state index < -0.39 is 12.0 Å². The van der Waals surface area contributed by atoms with Crippen molar-refractivity contribution in [1.29, 1.82) is 0 Å².